The lowest BCUT2D eigenvalue weighted by Gasteiger charge is -2.08. The molecule has 0 amide bonds. The smallest absolute Gasteiger partial charge is 0.139 e. The molecule has 29 heavy (non-hydrogen) atoms. The maximum atomic E-state index is 14.6. The third-order valence-electron chi connectivity index (χ3n) is 5.03. The number of imidazole rings is 1. The van der Waals surface area contributed by atoms with Crippen LogP contribution in [0.3, 0.4) is 0 Å². The van der Waals surface area contributed by atoms with Crippen LogP contribution in [0.5, 0.6) is 0 Å². The van der Waals surface area contributed by atoms with E-state index < -0.39 is 18.2 Å². The Morgan fingerprint density at radius 2 is 1.79 bits per heavy atom. The minimum atomic E-state index is -0.760. The monoisotopic (exact) mass is 387 g/mol. The molecule has 4 nitrogen and oxygen atoms in total. The number of hydrogen-bond acceptors (Lipinski definition) is 3. The number of pyridine rings is 2. The van der Waals surface area contributed by atoms with Gasteiger partial charge in [0.05, 0.1) is 17.8 Å². The van der Waals surface area contributed by atoms with Gasteiger partial charge in [-0.3, -0.25) is 4.98 Å². The number of fused-ring (bicyclic) bond motifs is 2. The molecule has 0 saturated heterocycles. The predicted molar refractivity (Wildman–Crippen MR) is 107 cm³/mol. The average Bonchev–Trinajstić information content (AvgIpc) is 3.17. The molecule has 0 bridgehead atoms. The summed E-state index contributed by atoms with van der Waals surface area (Å²) >= 11 is 0. The molecule has 1 N–H and O–H groups in total. The van der Waals surface area contributed by atoms with Crippen molar-refractivity contribution in [3.8, 4) is 22.4 Å². The average molecular weight is 387 g/mol. The quantitative estimate of drug-likeness (QED) is 0.475. The number of rotatable bonds is 3. The molecule has 6 heteroatoms. The van der Waals surface area contributed by atoms with E-state index in [4.69, 9.17) is 0 Å². The van der Waals surface area contributed by atoms with E-state index in [0.717, 1.165) is 28.2 Å². The van der Waals surface area contributed by atoms with Crippen LogP contribution in [0.25, 0.3) is 38.9 Å². The molecule has 2 aromatic carbocycles. The predicted octanol–water partition coefficient (Wildman–Crippen LogP) is 4.99. The Balaban J connectivity index is 1.65. The molecule has 5 aromatic rings. The zero-order valence-corrected chi connectivity index (χ0v) is 15.2. The molecule has 0 fully saturated rings. The fourth-order valence-corrected chi connectivity index (χ4v) is 3.57. The van der Waals surface area contributed by atoms with Crippen molar-refractivity contribution in [3.63, 3.8) is 0 Å². The SMILES string of the molecule is OCc1c(F)ccc(-c2ccc3nc(-c4cccc5ncccc45)cn3c2)c1F. The van der Waals surface area contributed by atoms with Gasteiger partial charge in [-0.2, -0.15) is 0 Å². The second-order valence-corrected chi connectivity index (χ2v) is 6.73. The molecule has 0 aliphatic rings. The van der Waals surface area contributed by atoms with Crippen molar-refractivity contribution in [1.29, 1.82) is 0 Å². The largest absolute Gasteiger partial charge is 0.391 e. The van der Waals surface area contributed by atoms with E-state index in [-0.39, 0.29) is 11.1 Å². The summed E-state index contributed by atoms with van der Waals surface area (Å²) in [5.41, 5.74) is 3.77. The Morgan fingerprint density at radius 1 is 0.897 bits per heavy atom. The van der Waals surface area contributed by atoms with E-state index in [9.17, 15) is 13.9 Å². The molecular formula is C23H15F2N3O. The highest BCUT2D eigenvalue weighted by atomic mass is 19.1. The lowest BCUT2D eigenvalue weighted by atomic mass is 10.0. The second kappa shape index (κ2) is 6.76. The summed E-state index contributed by atoms with van der Waals surface area (Å²) in [5, 5.41) is 10.3. The van der Waals surface area contributed by atoms with Gasteiger partial charge in [-0.1, -0.05) is 18.2 Å². The van der Waals surface area contributed by atoms with E-state index in [1.54, 1.807) is 28.9 Å². The summed E-state index contributed by atoms with van der Waals surface area (Å²) in [6.45, 7) is -0.696. The normalized spacial score (nSPS) is 11.4. The van der Waals surface area contributed by atoms with Crippen LogP contribution in [0.4, 0.5) is 8.78 Å². The maximum absolute atomic E-state index is 14.6. The number of hydrogen-bond donors (Lipinski definition) is 1. The van der Waals surface area contributed by atoms with E-state index in [1.807, 2.05) is 36.5 Å². The molecular weight excluding hydrogens is 372 g/mol. The summed E-state index contributed by atoms with van der Waals surface area (Å²) in [7, 11) is 0. The van der Waals surface area contributed by atoms with Gasteiger partial charge in [-0.15, -0.1) is 0 Å². The van der Waals surface area contributed by atoms with Gasteiger partial charge in [0.2, 0.25) is 0 Å². The Morgan fingerprint density at radius 3 is 2.66 bits per heavy atom. The number of nitrogens with zero attached hydrogens (tertiary/aromatic N) is 3. The van der Waals surface area contributed by atoms with Gasteiger partial charge in [0.1, 0.15) is 17.3 Å². The summed E-state index contributed by atoms with van der Waals surface area (Å²) < 4.78 is 30.1. The van der Waals surface area contributed by atoms with Crippen molar-refractivity contribution >= 4 is 16.6 Å². The molecule has 3 heterocycles. The van der Waals surface area contributed by atoms with Crippen LogP contribution in [-0.2, 0) is 6.61 Å². The molecule has 5 rings (SSSR count). The number of aliphatic hydroxyl groups excluding tert-OH is 1. The van der Waals surface area contributed by atoms with Gasteiger partial charge in [-0.05, 0) is 36.4 Å². The van der Waals surface area contributed by atoms with Gasteiger partial charge in [-0.25, -0.2) is 13.8 Å². The zero-order chi connectivity index (χ0) is 20.0. The van der Waals surface area contributed by atoms with Crippen LogP contribution in [0.1, 0.15) is 5.56 Å². The fraction of sp³-hybridized carbons (Fsp3) is 0.0435. The summed E-state index contributed by atoms with van der Waals surface area (Å²) in [5.74, 6) is -1.52. The minimum Gasteiger partial charge on any atom is -0.391 e. The number of aliphatic hydroxyl groups is 1. The Kier molecular flexibility index (Phi) is 4.07. The number of halogens is 2. The molecule has 0 aliphatic heterocycles. The fourth-order valence-electron chi connectivity index (χ4n) is 3.57. The molecule has 0 unspecified atom stereocenters. The topological polar surface area (TPSA) is 50.4 Å². The molecule has 0 radical (unpaired) electrons. The Labute approximate surface area is 164 Å². The summed E-state index contributed by atoms with van der Waals surface area (Å²) in [4.78, 5) is 9.06. The van der Waals surface area contributed by atoms with E-state index >= 15 is 0 Å². The van der Waals surface area contributed by atoms with Crippen molar-refractivity contribution in [2.75, 3.05) is 0 Å². The first-order chi connectivity index (χ1) is 14.2. The lowest BCUT2D eigenvalue weighted by Crippen LogP contribution is -1.98. The van der Waals surface area contributed by atoms with Crippen LogP contribution in [-0.4, -0.2) is 19.5 Å². The first-order valence-corrected chi connectivity index (χ1v) is 9.06. The van der Waals surface area contributed by atoms with Crippen LogP contribution in [0.15, 0.2) is 73.2 Å². The first-order valence-electron chi connectivity index (χ1n) is 9.06. The van der Waals surface area contributed by atoms with Crippen LogP contribution >= 0.6 is 0 Å². The third kappa shape index (κ3) is 2.85. The van der Waals surface area contributed by atoms with E-state index in [1.165, 1.54) is 6.07 Å². The van der Waals surface area contributed by atoms with Crippen molar-refractivity contribution < 1.29 is 13.9 Å². The summed E-state index contributed by atoms with van der Waals surface area (Å²) in [6, 6.07) is 15.8. The van der Waals surface area contributed by atoms with Gasteiger partial charge in [0.15, 0.2) is 0 Å². The Hall–Kier alpha value is -3.64. The third-order valence-corrected chi connectivity index (χ3v) is 5.03. The van der Waals surface area contributed by atoms with Crippen molar-refractivity contribution in [2.24, 2.45) is 0 Å². The van der Waals surface area contributed by atoms with Gasteiger partial charge in [0, 0.05) is 46.2 Å². The van der Waals surface area contributed by atoms with Crippen molar-refractivity contribution in [2.45, 2.75) is 6.61 Å². The molecule has 0 aliphatic carbocycles. The maximum Gasteiger partial charge on any atom is 0.139 e. The molecule has 0 atom stereocenters. The highest BCUT2D eigenvalue weighted by Crippen LogP contribution is 2.30. The minimum absolute atomic E-state index is 0.224. The van der Waals surface area contributed by atoms with Crippen molar-refractivity contribution in [1.82, 2.24) is 14.4 Å². The first kappa shape index (κ1) is 17.5. The lowest BCUT2D eigenvalue weighted by molar-refractivity contribution is 0.269. The van der Waals surface area contributed by atoms with E-state index in [0.29, 0.717) is 11.2 Å². The molecule has 3 aromatic heterocycles. The van der Waals surface area contributed by atoms with Gasteiger partial charge < -0.3 is 9.51 Å². The van der Waals surface area contributed by atoms with Crippen molar-refractivity contribution in [3.05, 3.63) is 90.4 Å². The molecule has 0 saturated carbocycles. The number of benzene rings is 2. The molecule has 0 spiro atoms. The van der Waals surface area contributed by atoms with E-state index in [2.05, 4.69) is 9.97 Å². The second-order valence-electron chi connectivity index (χ2n) is 6.73. The van der Waals surface area contributed by atoms with Gasteiger partial charge >= 0.3 is 0 Å². The highest BCUT2D eigenvalue weighted by Gasteiger charge is 2.15. The van der Waals surface area contributed by atoms with Gasteiger partial charge in [0.25, 0.3) is 0 Å². The Bertz CT molecular complexity index is 1370. The molecule has 142 valence electrons. The number of aromatic nitrogens is 3. The van der Waals surface area contributed by atoms with Crippen LogP contribution < -0.4 is 0 Å². The highest BCUT2D eigenvalue weighted by molar-refractivity contribution is 5.93. The standard InChI is InChI=1S/C23H15F2N3O/c24-19-8-7-15(23(25)18(19)13-29)14-6-9-22-27-21(12-28(22)11-14)17-3-1-5-20-16(17)4-2-10-26-20/h1-12,29H,13H2. The van der Waals surface area contributed by atoms with Crippen LogP contribution in [0, 0.1) is 11.6 Å². The zero-order valence-electron chi connectivity index (χ0n) is 15.2. The van der Waals surface area contributed by atoms with Crippen LogP contribution in [0.2, 0.25) is 0 Å². The summed E-state index contributed by atoms with van der Waals surface area (Å²) in [6.07, 6.45) is 5.36.